The van der Waals surface area contributed by atoms with Gasteiger partial charge in [-0.2, -0.15) is 18.3 Å². The average molecular weight is 522 g/mol. The highest BCUT2D eigenvalue weighted by molar-refractivity contribution is 14.0. The van der Waals surface area contributed by atoms with Gasteiger partial charge in [0.1, 0.15) is 0 Å². The molecular formula is C19H26F3IN6. The molecule has 29 heavy (non-hydrogen) atoms. The van der Waals surface area contributed by atoms with Crippen LogP contribution in [-0.2, 0) is 6.42 Å². The summed E-state index contributed by atoms with van der Waals surface area (Å²) in [4.78, 5) is 5.59. The number of nitrogens with one attached hydrogen (secondary N) is 2. The second-order valence-corrected chi connectivity index (χ2v) is 6.86. The van der Waals surface area contributed by atoms with E-state index >= 15 is 0 Å². The van der Waals surface area contributed by atoms with Crippen molar-refractivity contribution in [2.75, 3.05) is 33.2 Å². The van der Waals surface area contributed by atoms with E-state index in [1.54, 1.807) is 7.05 Å². The molecule has 0 spiro atoms. The van der Waals surface area contributed by atoms with Crippen molar-refractivity contribution in [1.29, 1.82) is 0 Å². The molecule has 2 aromatic rings. The largest absolute Gasteiger partial charge is 0.401 e. The van der Waals surface area contributed by atoms with Gasteiger partial charge in [0, 0.05) is 38.9 Å². The van der Waals surface area contributed by atoms with E-state index in [0.29, 0.717) is 32.0 Å². The Morgan fingerprint density at radius 1 is 1.28 bits per heavy atom. The molecule has 6 nitrogen and oxygen atoms in total. The van der Waals surface area contributed by atoms with Gasteiger partial charge >= 0.3 is 6.18 Å². The molecule has 0 saturated carbocycles. The van der Waals surface area contributed by atoms with Crippen LogP contribution in [0.4, 0.5) is 13.2 Å². The molecule has 1 aliphatic rings. The second-order valence-electron chi connectivity index (χ2n) is 6.86. The average Bonchev–Trinajstić information content (AvgIpc) is 3.30. The van der Waals surface area contributed by atoms with Crippen molar-refractivity contribution in [2.45, 2.75) is 25.1 Å². The third kappa shape index (κ3) is 7.50. The minimum atomic E-state index is -4.15. The van der Waals surface area contributed by atoms with Crippen LogP contribution in [0.3, 0.4) is 0 Å². The molecule has 1 unspecified atom stereocenters. The van der Waals surface area contributed by atoms with Crippen LogP contribution >= 0.6 is 24.0 Å². The lowest BCUT2D eigenvalue weighted by atomic mass is 10.2. The van der Waals surface area contributed by atoms with Crippen LogP contribution in [0.1, 0.15) is 12.0 Å². The van der Waals surface area contributed by atoms with E-state index in [-0.39, 0.29) is 30.0 Å². The topological polar surface area (TPSA) is 57.5 Å². The lowest BCUT2D eigenvalue weighted by Gasteiger charge is -2.19. The van der Waals surface area contributed by atoms with Crippen molar-refractivity contribution in [1.82, 2.24) is 25.3 Å². The maximum absolute atomic E-state index is 12.5. The first kappa shape index (κ1) is 23.5. The molecule has 1 aromatic carbocycles. The maximum atomic E-state index is 12.5. The Hall–Kier alpha value is -1.82. The fourth-order valence-corrected chi connectivity index (χ4v) is 3.27. The molecule has 0 radical (unpaired) electrons. The number of rotatable bonds is 6. The lowest BCUT2D eigenvalue weighted by Crippen LogP contribution is -2.45. The summed E-state index contributed by atoms with van der Waals surface area (Å²) >= 11 is 0. The third-order valence-electron chi connectivity index (χ3n) is 4.60. The number of guanidine groups is 1. The molecule has 3 rings (SSSR count). The van der Waals surface area contributed by atoms with Crippen LogP contribution in [0, 0.1) is 0 Å². The number of hydrogen-bond donors (Lipinski definition) is 2. The lowest BCUT2D eigenvalue weighted by molar-refractivity contribution is -0.143. The summed E-state index contributed by atoms with van der Waals surface area (Å²) in [5.74, 6) is 0.606. The first-order valence-corrected chi connectivity index (χ1v) is 9.28. The van der Waals surface area contributed by atoms with Crippen LogP contribution in [0.5, 0.6) is 0 Å². The van der Waals surface area contributed by atoms with Crippen molar-refractivity contribution in [3.63, 3.8) is 0 Å². The molecule has 2 heterocycles. The van der Waals surface area contributed by atoms with Crippen molar-refractivity contribution in [2.24, 2.45) is 4.99 Å². The molecule has 160 valence electrons. The predicted octanol–water partition coefficient (Wildman–Crippen LogP) is 2.83. The number of nitrogens with zero attached hydrogens (tertiary/aromatic N) is 4. The van der Waals surface area contributed by atoms with Gasteiger partial charge in [-0.05, 0) is 30.5 Å². The molecule has 1 atom stereocenters. The first-order chi connectivity index (χ1) is 13.4. The standard InChI is InChI=1S/C19H25F3N6.HI/c1-23-18(26-16-8-10-27(13-16)14-19(20,21)22)24-9-7-15-11-25-28(12-15)17-5-3-2-4-6-17;/h2-6,11-12,16H,7-10,13-14H2,1H3,(H2,23,24,26);1H. The first-order valence-electron chi connectivity index (χ1n) is 9.28. The number of halogens is 4. The molecular weight excluding hydrogens is 496 g/mol. The fourth-order valence-electron chi connectivity index (χ4n) is 3.27. The summed E-state index contributed by atoms with van der Waals surface area (Å²) in [5.41, 5.74) is 2.09. The van der Waals surface area contributed by atoms with Gasteiger partial charge in [0.15, 0.2) is 5.96 Å². The summed E-state index contributed by atoms with van der Waals surface area (Å²) in [6.45, 7) is 0.596. The number of likely N-dealkylation sites (tertiary alicyclic amines) is 1. The molecule has 1 fully saturated rings. The van der Waals surface area contributed by atoms with Gasteiger partial charge in [-0.3, -0.25) is 9.89 Å². The second kappa shape index (κ2) is 10.8. The quantitative estimate of drug-likeness (QED) is 0.348. The Balaban J connectivity index is 0.00000300. The van der Waals surface area contributed by atoms with Crippen molar-refractivity contribution < 1.29 is 13.2 Å². The van der Waals surface area contributed by atoms with Gasteiger partial charge in [-0.15, -0.1) is 24.0 Å². The van der Waals surface area contributed by atoms with Gasteiger partial charge < -0.3 is 10.6 Å². The molecule has 1 saturated heterocycles. The number of benzene rings is 1. The van der Waals surface area contributed by atoms with Gasteiger partial charge in [-0.1, -0.05) is 18.2 Å². The number of hydrogen-bond acceptors (Lipinski definition) is 3. The van der Waals surface area contributed by atoms with E-state index in [9.17, 15) is 13.2 Å². The normalized spacial score (nSPS) is 17.8. The fraction of sp³-hybridized carbons (Fsp3) is 0.474. The minimum absolute atomic E-state index is 0. The highest BCUT2D eigenvalue weighted by Crippen LogP contribution is 2.19. The Bertz CT molecular complexity index is 778. The van der Waals surface area contributed by atoms with Gasteiger partial charge in [0.25, 0.3) is 0 Å². The van der Waals surface area contributed by atoms with Crippen LogP contribution in [0.2, 0.25) is 0 Å². The summed E-state index contributed by atoms with van der Waals surface area (Å²) in [6, 6.07) is 9.84. The Labute approximate surface area is 185 Å². The van der Waals surface area contributed by atoms with Gasteiger partial charge in [-0.25, -0.2) is 4.68 Å². The maximum Gasteiger partial charge on any atom is 0.401 e. The van der Waals surface area contributed by atoms with Crippen LogP contribution < -0.4 is 10.6 Å². The predicted molar refractivity (Wildman–Crippen MR) is 118 cm³/mol. The van der Waals surface area contributed by atoms with E-state index in [0.717, 1.165) is 17.7 Å². The summed E-state index contributed by atoms with van der Waals surface area (Å²) in [6.07, 6.45) is 1.09. The molecule has 1 aliphatic heterocycles. The van der Waals surface area contributed by atoms with E-state index in [2.05, 4.69) is 20.7 Å². The number of para-hydroxylation sites is 1. The Kier molecular flexibility index (Phi) is 8.75. The van der Waals surface area contributed by atoms with E-state index in [4.69, 9.17) is 0 Å². The monoisotopic (exact) mass is 522 g/mol. The van der Waals surface area contributed by atoms with Crippen molar-refractivity contribution in [3.05, 3.63) is 48.3 Å². The highest BCUT2D eigenvalue weighted by Gasteiger charge is 2.34. The van der Waals surface area contributed by atoms with Crippen molar-refractivity contribution in [3.8, 4) is 5.69 Å². The zero-order chi connectivity index (χ0) is 20.0. The third-order valence-corrected chi connectivity index (χ3v) is 4.60. The molecule has 0 aliphatic carbocycles. The molecule has 1 aromatic heterocycles. The molecule has 0 amide bonds. The van der Waals surface area contributed by atoms with Crippen LogP contribution in [0.15, 0.2) is 47.7 Å². The van der Waals surface area contributed by atoms with Crippen molar-refractivity contribution >= 4 is 29.9 Å². The minimum Gasteiger partial charge on any atom is -0.356 e. The smallest absolute Gasteiger partial charge is 0.356 e. The van der Waals surface area contributed by atoms with Gasteiger partial charge in [0.2, 0.25) is 0 Å². The molecule has 10 heteroatoms. The number of aromatic nitrogens is 2. The number of aliphatic imine (C=N–C) groups is 1. The Morgan fingerprint density at radius 3 is 2.72 bits per heavy atom. The zero-order valence-corrected chi connectivity index (χ0v) is 18.5. The molecule has 0 bridgehead atoms. The zero-order valence-electron chi connectivity index (χ0n) is 16.2. The SMILES string of the molecule is CN=C(NCCc1cnn(-c2ccccc2)c1)NC1CCN(CC(F)(F)F)C1.I. The van der Waals surface area contributed by atoms with Crippen LogP contribution in [-0.4, -0.2) is 66.1 Å². The summed E-state index contributed by atoms with van der Waals surface area (Å²) in [5, 5.41) is 10.8. The van der Waals surface area contributed by atoms with Gasteiger partial charge in [0.05, 0.1) is 18.4 Å². The van der Waals surface area contributed by atoms with E-state index < -0.39 is 12.7 Å². The summed E-state index contributed by atoms with van der Waals surface area (Å²) < 4.78 is 39.3. The van der Waals surface area contributed by atoms with Crippen LogP contribution in [0.25, 0.3) is 5.69 Å². The number of alkyl halides is 3. The summed E-state index contributed by atoms with van der Waals surface area (Å²) in [7, 11) is 1.66. The Morgan fingerprint density at radius 2 is 2.03 bits per heavy atom. The highest BCUT2D eigenvalue weighted by atomic mass is 127. The molecule has 2 N–H and O–H groups in total. The van der Waals surface area contributed by atoms with E-state index in [1.807, 2.05) is 47.4 Å². The van der Waals surface area contributed by atoms with E-state index in [1.165, 1.54) is 4.90 Å².